The van der Waals surface area contributed by atoms with Crippen LogP contribution in [0, 0.1) is 11.3 Å². The summed E-state index contributed by atoms with van der Waals surface area (Å²) in [6.07, 6.45) is 0. The number of carbonyl (C=O) groups excluding carboxylic acids is 1. The van der Waals surface area contributed by atoms with Crippen molar-refractivity contribution in [1.82, 2.24) is 9.21 Å². The zero-order valence-electron chi connectivity index (χ0n) is 11.8. The van der Waals surface area contributed by atoms with Gasteiger partial charge in [-0.2, -0.15) is 9.57 Å². The number of hydrogen-bond donors (Lipinski definition) is 0. The lowest BCUT2D eigenvalue weighted by Gasteiger charge is -2.32. The Morgan fingerprint density at radius 1 is 1.19 bits per heavy atom. The Morgan fingerprint density at radius 3 is 2.24 bits per heavy atom. The molecule has 0 unspecified atom stereocenters. The molecule has 0 radical (unpaired) electrons. The Morgan fingerprint density at radius 2 is 1.76 bits per heavy atom. The Kier molecular flexibility index (Phi) is 4.73. The summed E-state index contributed by atoms with van der Waals surface area (Å²) in [4.78, 5) is 13.3. The molecule has 1 heterocycles. The molecule has 0 atom stereocenters. The van der Waals surface area contributed by atoms with Crippen molar-refractivity contribution >= 4 is 15.8 Å². The Balaban J connectivity index is 2.12. The van der Waals surface area contributed by atoms with Crippen LogP contribution in [0.1, 0.15) is 17.3 Å². The lowest BCUT2D eigenvalue weighted by Crippen LogP contribution is -2.48. The van der Waals surface area contributed by atoms with Crippen LogP contribution in [-0.2, 0) is 10.0 Å². The first kappa shape index (κ1) is 15.6. The summed E-state index contributed by atoms with van der Waals surface area (Å²) < 4.78 is 26.4. The van der Waals surface area contributed by atoms with E-state index in [0.717, 1.165) is 0 Å². The summed E-state index contributed by atoms with van der Waals surface area (Å²) in [5.74, 6) is -0.0935. The summed E-state index contributed by atoms with van der Waals surface area (Å²) in [5, 5.41) is 8.64. The lowest BCUT2D eigenvalue weighted by atomic mass is 10.2. The number of nitrogens with zero attached hydrogens (tertiary/aromatic N) is 3. The highest BCUT2D eigenvalue weighted by atomic mass is 32.2. The third kappa shape index (κ3) is 3.47. The molecule has 1 fully saturated rings. The topological polar surface area (TPSA) is 81.5 Å². The molecule has 0 saturated carbocycles. The first-order chi connectivity index (χ1) is 9.95. The molecule has 0 bridgehead atoms. The molecule has 21 heavy (non-hydrogen) atoms. The fourth-order valence-electron chi connectivity index (χ4n) is 2.24. The molecule has 0 N–H and O–H groups in total. The molecule has 0 aromatic heterocycles. The van der Waals surface area contributed by atoms with Crippen LogP contribution in [0.2, 0.25) is 0 Å². The Bertz CT molecular complexity index is 654. The number of Topliss-reactive ketones (excluding diaryl/α,β-unsaturated/α-hetero) is 1. The predicted octanol–water partition coefficient (Wildman–Crippen LogP) is 0.719. The maximum Gasteiger partial charge on any atom is 0.243 e. The summed E-state index contributed by atoms with van der Waals surface area (Å²) in [6, 6.07) is 8.06. The summed E-state index contributed by atoms with van der Waals surface area (Å²) >= 11 is 0. The summed E-state index contributed by atoms with van der Waals surface area (Å²) in [5.41, 5.74) is 0.493. The van der Waals surface area contributed by atoms with Gasteiger partial charge in [-0.3, -0.25) is 9.69 Å². The van der Waals surface area contributed by atoms with Gasteiger partial charge in [0.15, 0.2) is 5.78 Å². The lowest BCUT2D eigenvalue weighted by molar-refractivity contribution is 0.101. The van der Waals surface area contributed by atoms with E-state index in [4.69, 9.17) is 5.26 Å². The van der Waals surface area contributed by atoms with E-state index in [2.05, 4.69) is 6.07 Å². The van der Waals surface area contributed by atoms with Gasteiger partial charge in [0.1, 0.15) is 0 Å². The molecule has 112 valence electrons. The van der Waals surface area contributed by atoms with Crippen molar-refractivity contribution in [2.75, 3.05) is 32.7 Å². The standard InChI is InChI=1S/C14H17N3O3S/c1-12(18)13-2-4-14(5-3-13)21(19,20)17-10-8-16(7-6-15)9-11-17/h2-5H,7-11H2,1H3. The minimum Gasteiger partial charge on any atom is -0.295 e. The van der Waals surface area contributed by atoms with Gasteiger partial charge in [0.05, 0.1) is 17.5 Å². The van der Waals surface area contributed by atoms with Gasteiger partial charge in [-0.25, -0.2) is 8.42 Å². The van der Waals surface area contributed by atoms with Crippen LogP contribution in [0.3, 0.4) is 0 Å². The van der Waals surface area contributed by atoms with Crippen molar-refractivity contribution in [3.8, 4) is 6.07 Å². The van der Waals surface area contributed by atoms with Crippen LogP contribution >= 0.6 is 0 Å². The molecule has 1 aliphatic heterocycles. The molecule has 1 aromatic carbocycles. The molecule has 0 spiro atoms. The van der Waals surface area contributed by atoms with E-state index in [0.29, 0.717) is 38.3 Å². The van der Waals surface area contributed by atoms with Crippen molar-refractivity contribution in [2.24, 2.45) is 0 Å². The smallest absolute Gasteiger partial charge is 0.243 e. The molecule has 1 aromatic rings. The largest absolute Gasteiger partial charge is 0.295 e. The number of carbonyl (C=O) groups is 1. The maximum absolute atomic E-state index is 12.5. The first-order valence-corrected chi connectivity index (χ1v) is 8.09. The molecule has 1 saturated heterocycles. The predicted molar refractivity (Wildman–Crippen MR) is 77.3 cm³/mol. The third-order valence-electron chi connectivity index (χ3n) is 3.52. The molecular formula is C14H17N3O3S. The van der Waals surface area contributed by atoms with Crippen LogP contribution in [0.5, 0.6) is 0 Å². The van der Waals surface area contributed by atoms with Gasteiger partial charge < -0.3 is 0 Å². The zero-order valence-corrected chi connectivity index (χ0v) is 12.6. The molecule has 0 aliphatic carbocycles. The average Bonchev–Trinajstić information content (AvgIpc) is 2.48. The van der Waals surface area contributed by atoms with E-state index < -0.39 is 10.0 Å². The minimum absolute atomic E-state index is 0.0935. The monoisotopic (exact) mass is 307 g/mol. The number of piperazine rings is 1. The number of benzene rings is 1. The van der Waals surface area contributed by atoms with Crippen LogP contribution in [0.25, 0.3) is 0 Å². The maximum atomic E-state index is 12.5. The highest BCUT2D eigenvalue weighted by Crippen LogP contribution is 2.18. The normalized spacial score (nSPS) is 17.3. The van der Waals surface area contributed by atoms with Crippen molar-refractivity contribution in [2.45, 2.75) is 11.8 Å². The van der Waals surface area contributed by atoms with Crippen LogP contribution in [-0.4, -0.2) is 56.1 Å². The van der Waals surface area contributed by atoms with Crippen molar-refractivity contribution < 1.29 is 13.2 Å². The summed E-state index contributed by atoms with van der Waals surface area (Å²) in [7, 11) is -3.53. The first-order valence-electron chi connectivity index (χ1n) is 6.65. The van der Waals surface area contributed by atoms with Crippen molar-refractivity contribution in [3.63, 3.8) is 0 Å². The number of hydrogen-bond acceptors (Lipinski definition) is 5. The van der Waals surface area contributed by atoms with E-state index in [-0.39, 0.29) is 10.7 Å². The number of sulfonamides is 1. The van der Waals surface area contributed by atoms with E-state index in [9.17, 15) is 13.2 Å². The minimum atomic E-state index is -3.53. The highest BCUT2D eigenvalue weighted by molar-refractivity contribution is 7.89. The quantitative estimate of drug-likeness (QED) is 0.605. The second kappa shape index (κ2) is 6.35. The molecular weight excluding hydrogens is 290 g/mol. The van der Waals surface area contributed by atoms with Gasteiger partial charge in [-0.15, -0.1) is 0 Å². The van der Waals surface area contributed by atoms with E-state index in [1.807, 2.05) is 4.90 Å². The zero-order chi connectivity index (χ0) is 15.5. The second-order valence-electron chi connectivity index (χ2n) is 4.92. The van der Waals surface area contributed by atoms with Gasteiger partial charge in [0.25, 0.3) is 0 Å². The number of rotatable bonds is 4. The summed E-state index contributed by atoms with van der Waals surface area (Å²) in [6.45, 7) is 3.62. The fraction of sp³-hybridized carbons (Fsp3) is 0.429. The Labute approximate surface area is 124 Å². The molecule has 2 rings (SSSR count). The van der Waals surface area contributed by atoms with Gasteiger partial charge in [-0.05, 0) is 19.1 Å². The molecule has 6 nitrogen and oxygen atoms in total. The van der Waals surface area contributed by atoms with Gasteiger partial charge in [0.2, 0.25) is 10.0 Å². The highest BCUT2D eigenvalue weighted by Gasteiger charge is 2.28. The van der Waals surface area contributed by atoms with E-state index in [1.54, 1.807) is 0 Å². The van der Waals surface area contributed by atoms with Gasteiger partial charge in [0, 0.05) is 31.7 Å². The molecule has 7 heteroatoms. The number of ketones is 1. The van der Waals surface area contributed by atoms with Gasteiger partial charge >= 0.3 is 0 Å². The average molecular weight is 307 g/mol. The Hall–Kier alpha value is -1.75. The molecule has 0 amide bonds. The fourth-order valence-corrected chi connectivity index (χ4v) is 3.66. The number of nitriles is 1. The second-order valence-corrected chi connectivity index (χ2v) is 6.86. The van der Waals surface area contributed by atoms with Crippen molar-refractivity contribution in [3.05, 3.63) is 29.8 Å². The van der Waals surface area contributed by atoms with Crippen molar-refractivity contribution in [1.29, 1.82) is 5.26 Å². The van der Waals surface area contributed by atoms with E-state index >= 15 is 0 Å². The van der Waals surface area contributed by atoms with E-state index in [1.165, 1.54) is 35.5 Å². The van der Waals surface area contributed by atoms with Gasteiger partial charge in [-0.1, -0.05) is 12.1 Å². The van der Waals surface area contributed by atoms with Crippen LogP contribution < -0.4 is 0 Å². The molecule has 1 aliphatic rings. The van der Waals surface area contributed by atoms with Crippen LogP contribution in [0.4, 0.5) is 0 Å². The van der Waals surface area contributed by atoms with Crippen LogP contribution in [0.15, 0.2) is 29.2 Å². The third-order valence-corrected chi connectivity index (χ3v) is 5.44. The SMILES string of the molecule is CC(=O)c1ccc(S(=O)(=O)N2CCN(CC#N)CC2)cc1.